The molecule has 2 aromatic carbocycles. The first-order valence-corrected chi connectivity index (χ1v) is 9.55. The Balaban J connectivity index is 1.88. The molecule has 7 heteroatoms. The standard InChI is InChI=1S/C19H20N2O4S/c1-12-8-13(2)18-14(9-12)10-15(19(22)21-18)11-20-26(23,24)17-6-4-16(25-3)5-7-17/h4-10,20H,11H2,1-3H3,(H,21,22). The third kappa shape index (κ3) is 3.63. The van der Waals surface area contributed by atoms with Crippen LogP contribution in [0.5, 0.6) is 5.75 Å². The SMILES string of the molecule is COc1ccc(S(=O)(=O)NCc2cc3cc(C)cc(C)c3[nH]c2=O)cc1. The van der Waals surface area contributed by atoms with E-state index in [4.69, 9.17) is 4.74 Å². The van der Waals surface area contributed by atoms with Gasteiger partial charge in [0.2, 0.25) is 10.0 Å². The number of aromatic nitrogens is 1. The van der Waals surface area contributed by atoms with Crippen LogP contribution in [0.4, 0.5) is 0 Å². The lowest BCUT2D eigenvalue weighted by Crippen LogP contribution is -2.27. The molecular formula is C19H20N2O4S. The van der Waals surface area contributed by atoms with Gasteiger partial charge in [-0.3, -0.25) is 4.79 Å². The maximum absolute atomic E-state index is 12.4. The first kappa shape index (κ1) is 18.2. The van der Waals surface area contributed by atoms with Crippen LogP contribution in [-0.4, -0.2) is 20.5 Å². The Morgan fingerprint density at radius 3 is 2.42 bits per heavy atom. The van der Waals surface area contributed by atoms with Gasteiger partial charge in [0.15, 0.2) is 0 Å². The van der Waals surface area contributed by atoms with E-state index in [2.05, 4.69) is 9.71 Å². The Morgan fingerprint density at radius 1 is 1.08 bits per heavy atom. The minimum absolute atomic E-state index is 0.0906. The average molecular weight is 372 g/mol. The molecule has 1 aromatic heterocycles. The first-order valence-electron chi connectivity index (χ1n) is 8.07. The van der Waals surface area contributed by atoms with E-state index in [1.165, 1.54) is 19.2 Å². The van der Waals surface area contributed by atoms with E-state index in [0.29, 0.717) is 11.3 Å². The number of hydrogen-bond donors (Lipinski definition) is 2. The van der Waals surface area contributed by atoms with Crippen molar-refractivity contribution >= 4 is 20.9 Å². The zero-order valence-corrected chi connectivity index (χ0v) is 15.6. The molecule has 0 aliphatic carbocycles. The largest absolute Gasteiger partial charge is 0.497 e. The van der Waals surface area contributed by atoms with Crippen LogP contribution in [0.2, 0.25) is 0 Å². The van der Waals surface area contributed by atoms with Crippen molar-refractivity contribution in [2.24, 2.45) is 0 Å². The summed E-state index contributed by atoms with van der Waals surface area (Å²) >= 11 is 0. The fourth-order valence-corrected chi connectivity index (χ4v) is 3.88. The second kappa shape index (κ2) is 6.93. The number of aryl methyl sites for hydroxylation is 2. The maximum Gasteiger partial charge on any atom is 0.252 e. The number of H-pyrrole nitrogens is 1. The van der Waals surface area contributed by atoms with Gasteiger partial charge in [-0.1, -0.05) is 11.6 Å². The highest BCUT2D eigenvalue weighted by Crippen LogP contribution is 2.19. The molecule has 3 aromatic rings. The van der Waals surface area contributed by atoms with E-state index in [1.54, 1.807) is 18.2 Å². The van der Waals surface area contributed by atoms with E-state index in [9.17, 15) is 13.2 Å². The molecule has 0 unspecified atom stereocenters. The van der Waals surface area contributed by atoms with Gasteiger partial charge in [0.25, 0.3) is 5.56 Å². The van der Waals surface area contributed by atoms with Gasteiger partial charge in [0.1, 0.15) is 5.75 Å². The Bertz CT molecular complexity index is 1120. The first-order chi connectivity index (χ1) is 12.3. The minimum Gasteiger partial charge on any atom is -0.497 e. The molecule has 6 nitrogen and oxygen atoms in total. The van der Waals surface area contributed by atoms with Crippen molar-refractivity contribution < 1.29 is 13.2 Å². The van der Waals surface area contributed by atoms with Crippen molar-refractivity contribution in [1.29, 1.82) is 0 Å². The average Bonchev–Trinajstić information content (AvgIpc) is 2.61. The molecule has 0 amide bonds. The smallest absolute Gasteiger partial charge is 0.252 e. The van der Waals surface area contributed by atoms with E-state index in [1.807, 2.05) is 26.0 Å². The van der Waals surface area contributed by atoms with Crippen molar-refractivity contribution in [2.45, 2.75) is 25.3 Å². The number of hydrogen-bond acceptors (Lipinski definition) is 4. The number of aromatic amines is 1. The third-order valence-electron chi connectivity index (χ3n) is 4.19. The molecule has 0 aliphatic rings. The second-order valence-electron chi connectivity index (χ2n) is 6.17. The Kier molecular flexibility index (Phi) is 4.84. The van der Waals surface area contributed by atoms with E-state index >= 15 is 0 Å². The zero-order chi connectivity index (χ0) is 18.9. The third-order valence-corrected chi connectivity index (χ3v) is 5.61. The number of sulfonamides is 1. The Morgan fingerprint density at radius 2 is 1.77 bits per heavy atom. The molecule has 0 saturated carbocycles. The van der Waals surface area contributed by atoms with Gasteiger partial charge >= 0.3 is 0 Å². The summed E-state index contributed by atoms with van der Waals surface area (Å²) in [5, 5.41) is 0.876. The number of pyridine rings is 1. The van der Waals surface area contributed by atoms with Crippen LogP contribution in [0.3, 0.4) is 0 Å². The molecule has 26 heavy (non-hydrogen) atoms. The highest BCUT2D eigenvalue weighted by molar-refractivity contribution is 7.89. The Hall–Kier alpha value is -2.64. The van der Waals surface area contributed by atoms with E-state index in [-0.39, 0.29) is 17.0 Å². The highest BCUT2D eigenvalue weighted by Gasteiger charge is 2.15. The van der Waals surface area contributed by atoms with Crippen LogP contribution >= 0.6 is 0 Å². The molecule has 136 valence electrons. The molecule has 1 heterocycles. The number of fused-ring (bicyclic) bond motifs is 1. The molecular weight excluding hydrogens is 352 g/mol. The molecule has 0 fully saturated rings. The fraction of sp³-hybridized carbons (Fsp3) is 0.211. The van der Waals surface area contributed by atoms with Gasteiger partial charge in [0, 0.05) is 12.1 Å². The number of ether oxygens (including phenoxy) is 1. The van der Waals surface area contributed by atoms with Crippen molar-refractivity contribution in [3.63, 3.8) is 0 Å². The minimum atomic E-state index is -3.73. The van der Waals surface area contributed by atoms with Crippen LogP contribution in [-0.2, 0) is 16.6 Å². The van der Waals surface area contributed by atoms with Crippen LogP contribution in [0.25, 0.3) is 10.9 Å². The van der Waals surface area contributed by atoms with Gasteiger partial charge < -0.3 is 9.72 Å². The lowest BCUT2D eigenvalue weighted by molar-refractivity contribution is 0.414. The number of rotatable bonds is 5. The molecule has 2 N–H and O–H groups in total. The zero-order valence-electron chi connectivity index (χ0n) is 14.8. The summed E-state index contributed by atoms with van der Waals surface area (Å²) in [6, 6.07) is 11.7. The molecule has 0 spiro atoms. The molecule has 0 aliphatic heterocycles. The van der Waals surface area contributed by atoms with Gasteiger partial charge in [-0.25, -0.2) is 13.1 Å². The van der Waals surface area contributed by atoms with Crippen LogP contribution in [0.15, 0.2) is 52.2 Å². The predicted octanol–water partition coefficient (Wildman–Crippen LogP) is 2.63. The molecule has 0 radical (unpaired) electrons. The summed E-state index contributed by atoms with van der Waals surface area (Å²) in [6.45, 7) is 3.81. The van der Waals surface area contributed by atoms with Gasteiger partial charge in [0.05, 0.1) is 17.5 Å². The predicted molar refractivity (Wildman–Crippen MR) is 101 cm³/mol. The lowest BCUT2D eigenvalue weighted by atomic mass is 10.1. The van der Waals surface area contributed by atoms with Crippen molar-refractivity contribution in [3.05, 3.63) is 69.5 Å². The summed E-state index contributed by atoms with van der Waals surface area (Å²) in [4.78, 5) is 15.3. The molecule has 3 rings (SSSR count). The fourth-order valence-electron chi connectivity index (χ4n) is 2.87. The number of methoxy groups -OCH3 is 1. The van der Waals surface area contributed by atoms with Crippen LogP contribution in [0.1, 0.15) is 16.7 Å². The quantitative estimate of drug-likeness (QED) is 0.721. The summed E-state index contributed by atoms with van der Waals surface area (Å²) < 4.78 is 32.3. The molecule has 0 bridgehead atoms. The Labute approximate surface area is 151 Å². The monoisotopic (exact) mass is 372 g/mol. The van der Waals surface area contributed by atoms with Crippen molar-refractivity contribution in [2.75, 3.05) is 7.11 Å². The van der Waals surface area contributed by atoms with Gasteiger partial charge in [-0.15, -0.1) is 0 Å². The lowest BCUT2D eigenvalue weighted by Gasteiger charge is -2.09. The summed E-state index contributed by atoms with van der Waals surface area (Å²) in [6.07, 6.45) is 0. The van der Waals surface area contributed by atoms with Crippen molar-refractivity contribution in [3.8, 4) is 5.75 Å². The molecule has 0 atom stereocenters. The number of benzene rings is 2. The topological polar surface area (TPSA) is 88.3 Å². The summed E-state index contributed by atoms with van der Waals surface area (Å²) in [5.74, 6) is 0.570. The van der Waals surface area contributed by atoms with Gasteiger partial charge in [-0.05, 0) is 61.2 Å². The summed E-state index contributed by atoms with van der Waals surface area (Å²) in [5.41, 5.74) is 2.87. The normalized spacial score (nSPS) is 11.7. The van der Waals surface area contributed by atoms with Crippen LogP contribution in [0, 0.1) is 13.8 Å². The highest BCUT2D eigenvalue weighted by atomic mass is 32.2. The van der Waals surface area contributed by atoms with Crippen LogP contribution < -0.4 is 15.0 Å². The summed E-state index contributed by atoms with van der Waals surface area (Å²) in [7, 11) is -2.22. The van der Waals surface area contributed by atoms with Crippen molar-refractivity contribution in [1.82, 2.24) is 9.71 Å². The van der Waals surface area contributed by atoms with E-state index < -0.39 is 10.0 Å². The second-order valence-corrected chi connectivity index (χ2v) is 7.94. The maximum atomic E-state index is 12.4. The molecule has 0 saturated heterocycles. The number of nitrogens with one attached hydrogen (secondary N) is 2. The van der Waals surface area contributed by atoms with Gasteiger partial charge in [-0.2, -0.15) is 0 Å². The van der Waals surface area contributed by atoms with E-state index in [0.717, 1.165) is 22.0 Å².